The standard InChI is InChI=1S/C22H28N4O2/c1-17(2)18-3-5-20(6-4-18)22(28)26-15-13-25(14-16-26)12-11-24-21(27)19-7-9-23-10-8-19/h3-10,17H,11-16H2,1-2H3,(H,24,27). The number of nitrogens with one attached hydrogen (secondary N) is 1. The van der Waals surface area contributed by atoms with E-state index in [0.29, 0.717) is 31.1 Å². The molecule has 6 nitrogen and oxygen atoms in total. The van der Waals surface area contributed by atoms with Crippen LogP contribution >= 0.6 is 0 Å². The highest BCUT2D eigenvalue weighted by Crippen LogP contribution is 2.16. The molecule has 0 spiro atoms. The van der Waals surface area contributed by atoms with E-state index >= 15 is 0 Å². The van der Waals surface area contributed by atoms with Gasteiger partial charge in [-0.1, -0.05) is 26.0 Å². The summed E-state index contributed by atoms with van der Waals surface area (Å²) in [6.45, 7) is 8.73. The fourth-order valence-electron chi connectivity index (χ4n) is 3.30. The minimum Gasteiger partial charge on any atom is -0.351 e. The average molecular weight is 380 g/mol. The van der Waals surface area contributed by atoms with Crippen molar-refractivity contribution in [3.05, 3.63) is 65.5 Å². The molecule has 0 aliphatic carbocycles. The minimum atomic E-state index is -0.0824. The van der Waals surface area contributed by atoms with Crippen LogP contribution in [0.3, 0.4) is 0 Å². The first-order valence-corrected chi connectivity index (χ1v) is 9.84. The first kappa shape index (κ1) is 20.0. The van der Waals surface area contributed by atoms with Gasteiger partial charge in [0.15, 0.2) is 0 Å². The number of pyridine rings is 1. The lowest BCUT2D eigenvalue weighted by Crippen LogP contribution is -2.50. The largest absolute Gasteiger partial charge is 0.351 e. The van der Waals surface area contributed by atoms with Crippen molar-refractivity contribution in [3.63, 3.8) is 0 Å². The molecule has 148 valence electrons. The van der Waals surface area contributed by atoms with Crippen LogP contribution in [0.1, 0.15) is 46.0 Å². The number of carbonyl (C=O) groups is 2. The maximum absolute atomic E-state index is 12.7. The maximum atomic E-state index is 12.7. The molecule has 0 unspecified atom stereocenters. The molecule has 28 heavy (non-hydrogen) atoms. The Balaban J connectivity index is 1.41. The van der Waals surface area contributed by atoms with Crippen LogP contribution in [0.2, 0.25) is 0 Å². The van der Waals surface area contributed by atoms with Crippen LogP contribution in [0.4, 0.5) is 0 Å². The highest BCUT2D eigenvalue weighted by atomic mass is 16.2. The number of hydrogen-bond acceptors (Lipinski definition) is 4. The van der Waals surface area contributed by atoms with Gasteiger partial charge in [0.2, 0.25) is 0 Å². The molecular weight excluding hydrogens is 352 g/mol. The van der Waals surface area contributed by atoms with Gasteiger partial charge in [0, 0.05) is 62.8 Å². The number of piperazine rings is 1. The van der Waals surface area contributed by atoms with Gasteiger partial charge in [0.05, 0.1) is 0 Å². The summed E-state index contributed by atoms with van der Waals surface area (Å²) < 4.78 is 0. The van der Waals surface area contributed by atoms with Gasteiger partial charge in [-0.25, -0.2) is 0 Å². The van der Waals surface area contributed by atoms with Gasteiger partial charge in [0.1, 0.15) is 0 Å². The molecule has 1 aromatic carbocycles. The van der Waals surface area contributed by atoms with Crippen LogP contribution in [0.15, 0.2) is 48.8 Å². The minimum absolute atomic E-state index is 0.0824. The maximum Gasteiger partial charge on any atom is 0.253 e. The molecule has 2 amide bonds. The monoisotopic (exact) mass is 380 g/mol. The van der Waals surface area contributed by atoms with Crippen LogP contribution in [0.5, 0.6) is 0 Å². The smallest absolute Gasteiger partial charge is 0.253 e. The van der Waals surface area contributed by atoms with Gasteiger partial charge in [-0.05, 0) is 35.7 Å². The fraction of sp³-hybridized carbons (Fsp3) is 0.409. The van der Waals surface area contributed by atoms with E-state index in [1.165, 1.54) is 5.56 Å². The SMILES string of the molecule is CC(C)c1ccc(C(=O)N2CCN(CCNC(=O)c3ccncc3)CC2)cc1. The van der Waals surface area contributed by atoms with Crippen LogP contribution in [-0.4, -0.2) is 65.9 Å². The Morgan fingerprint density at radius 3 is 2.21 bits per heavy atom. The summed E-state index contributed by atoms with van der Waals surface area (Å²) in [7, 11) is 0. The van der Waals surface area contributed by atoms with Crippen molar-refractivity contribution in [2.75, 3.05) is 39.3 Å². The second kappa shape index (κ2) is 9.46. The first-order valence-electron chi connectivity index (χ1n) is 9.84. The lowest BCUT2D eigenvalue weighted by atomic mass is 10.0. The lowest BCUT2D eigenvalue weighted by molar-refractivity contribution is 0.0638. The summed E-state index contributed by atoms with van der Waals surface area (Å²) in [5.74, 6) is 0.480. The van der Waals surface area contributed by atoms with E-state index in [-0.39, 0.29) is 11.8 Å². The third kappa shape index (κ3) is 5.16. The summed E-state index contributed by atoms with van der Waals surface area (Å²) in [4.78, 5) is 32.8. The number of aromatic nitrogens is 1. The number of nitrogens with zero attached hydrogens (tertiary/aromatic N) is 3. The fourth-order valence-corrected chi connectivity index (χ4v) is 3.30. The van der Waals surface area contributed by atoms with E-state index in [1.54, 1.807) is 24.5 Å². The van der Waals surface area contributed by atoms with E-state index in [2.05, 4.69) is 29.0 Å². The number of amides is 2. The summed E-state index contributed by atoms with van der Waals surface area (Å²) in [6, 6.07) is 11.3. The normalized spacial score (nSPS) is 14.9. The Morgan fingerprint density at radius 2 is 1.61 bits per heavy atom. The molecule has 3 rings (SSSR count). The Labute approximate surface area is 166 Å². The average Bonchev–Trinajstić information content (AvgIpc) is 2.74. The molecule has 1 aliphatic heterocycles. The van der Waals surface area contributed by atoms with Gasteiger partial charge >= 0.3 is 0 Å². The van der Waals surface area contributed by atoms with E-state index in [1.807, 2.05) is 29.2 Å². The molecular formula is C22H28N4O2. The molecule has 1 aliphatic rings. The summed E-state index contributed by atoms with van der Waals surface area (Å²) in [6.07, 6.45) is 3.23. The zero-order chi connectivity index (χ0) is 19.9. The lowest BCUT2D eigenvalue weighted by Gasteiger charge is -2.34. The molecule has 1 fully saturated rings. The van der Waals surface area contributed by atoms with E-state index < -0.39 is 0 Å². The van der Waals surface area contributed by atoms with Crippen molar-refractivity contribution in [2.45, 2.75) is 19.8 Å². The quantitative estimate of drug-likeness (QED) is 0.836. The van der Waals surface area contributed by atoms with Crippen molar-refractivity contribution in [2.24, 2.45) is 0 Å². The van der Waals surface area contributed by atoms with Crippen LogP contribution < -0.4 is 5.32 Å². The van der Waals surface area contributed by atoms with Gasteiger partial charge in [-0.2, -0.15) is 0 Å². The van der Waals surface area contributed by atoms with Crippen LogP contribution in [0.25, 0.3) is 0 Å². The number of benzene rings is 1. The van der Waals surface area contributed by atoms with Gasteiger partial charge in [-0.15, -0.1) is 0 Å². The van der Waals surface area contributed by atoms with Crippen LogP contribution in [0, 0.1) is 0 Å². The van der Waals surface area contributed by atoms with Gasteiger partial charge < -0.3 is 10.2 Å². The molecule has 1 aromatic heterocycles. The Kier molecular flexibility index (Phi) is 6.76. The van der Waals surface area contributed by atoms with Crippen molar-refractivity contribution in [3.8, 4) is 0 Å². The Bertz CT molecular complexity index is 782. The second-order valence-corrected chi connectivity index (χ2v) is 7.40. The van der Waals surface area contributed by atoms with Crippen molar-refractivity contribution in [1.82, 2.24) is 20.1 Å². The first-order chi connectivity index (χ1) is 13.5. The predicted octanol–water partition coefficient (Wildman–Crippen LogP) is 2.39. The Morgan fingerprint density at radius 1 is 0.964 bits per heavy atom. The number of carbonyl (C=O) groups excluding carboxylic acids is 2. The van der Waals surface area contributed by atoms with E-state index in [0.717, 1.165) is 25.2 Å². The highest BCUT2D eigenvalue weighted by Gasteiger charge is 2.22. The zero-order valence-electron chi connectivity index (χ0n) is 16.6. The molecule has 0 saturated carbocycles. The summed E-state index contributed by atoms with van der Waals surface area (Å²) in [5, 5.41) is 2.93. The van der Waals surface area contributed by atoms with Crippen LogP contribution in [-0.2, 0) is 0 Å². The predicted molar refractivity (Wildman–Crippen MR) is 109 cm³/mol. The third-order valence-corrected chi connectivity index (χ3v) is 5.14. The molecule has 0 atom stereocenters. The van der Waals surface area contributed by atoms with E-state index in [4.69, 9.17) is 0 Å². The van der Waals surface area contributed by atoms with Crippen molar-refractivity contribution >= 4 is 11.8 Å². The zero-order valence-corrected chi connectivity index (χ0v) is 16.6. The molecule has 2 heterocycles. The van der Waals surface area contributed by atoms with Crippen molar-refractivity contribution < 1.29 is 9.59 Å². The number of hydrogen-bond donors (Lipinski definition) is 1. The molecule has 0 bridgehead atoms. The molecule has 1 saturated heterocycles. The second-order valence-electron chi connectivity index (χ2n) is 7.40. The number of rotatable bonds is 6. The van der Waals surface area contributed by atoms with Gasteiger partial charge in [-0.3, -0.25) is 19.5 Å². The topological polar surface area (TPSA) is 65.5 Å². The molecule has 2 aromatic rings. The highest BCUT2D eigenvalue weighted by molar-refractivity contribution is 5.94. The molecule has 1 N–H and O–H groups in total. The van der Waals surface area contributed by atoms with E-state index in [9.17, 15) is 9.59 Å². The summed E-state index contributed by atoms with van der Waals surface area (Å²) >= 11 is 0. The van der Waals surface area contributed by atoms with Gasteiger partial charge in [0.25, 0.3) is 11.8 Å². The third-order valence-electron chi connectivity index (χ3n) is 5.14. The summed E-state index contributed by atoms with van der Waals surface area (Å²) in [5.41, 5.74) is 2.62. The van der Waals surface area contributed by atoms with Crippen molar-refractivity contribution in [1.29, 1.82) is 0 Å². The Hall–Kier alpha value is -2.73. The molecule has 6 heteroatoms. The molecule has 0 radical (unpaired) electrons.